The molecular weight excluding hydrogens is 369 g/mol. The van der Waals surface area contributed by atoms with E-state index >= 15 is 0 Å². The molecule has 2 heterocycles. The Kier molecular flexibility index (Phi) is 5.16. The molecule has 4 rings (SSSR count). The molecule has 0 aliphatic carbocycles. The SMILES string of the molecule is C=CCN1C(=O)N[C@H](c2ccc(F)cc2)C2=C1CN(CCc1ccccc1)C2=O. The summed E-state index contributed by atoms with van der Waals surface area (Å²) in [6, 6.07) is 15.0. The smallest absolute Gasteiger partial charge is 0.322 e. The zero-order chi connectivity index (χ0) is 20.4. The molecule has 0 fully saturated rings. The topological polar surface area (TPSA) is 52.7 Å². The van der Waals surface area contributed by atoms with Crippen LogP contribution in [-0.2, 0) is 11.2 Å². The number of benzene rings is 2. The molecule has 2 aromatic carbocycles. The highest BCUT2D eigenvalue weighted by molar-refractivity contribution is 6.01. The quantitative estimate of drug-likeness (QED) is 0.768. The van der Waals surface area contributed by atoms with Gasteiger partial charge in [-0.05, 0) is 29.7 Å². The normalized spacial score (nSPS) is 18.7. The summed E-state index contributed by atoms with van der Waals surface area (Å²) in [6.07, 6.45) is 2.37. The Hall–Kier alpha value is -3.41. The Labute approximate surface area is 169 Å². The van der Waals surface area contributed by atoms with Crippen molar-refractivity contribution in [2.75, 3.05) is 19.6 Å². The number of carbonyl (C=O) groups is 2. The van der Waals surface area contributed by atoms with Crippen LogP contribution in [0.4, 0.5) is 9.18 Å². The van der Waals surface area contributed by atoms with E-state index in [1.807, 2.05) is 30.3 Å². The maximum atomic E-state index is 13.4. The fraction of sp³-hybridized carbons (Fsp3) is 0.217. The summed E-state index contributed by atoms with van der Waals surface area (Å²) in [6.45, 7) is 4.97. The van der Waals surface area contributed by atoms with Gasteiger partial charge in [0.05, 0.1) is 23.9 Å². The molecule has 6 heteroatoms. The molecule has 1 N–H and O–H groups in total. The lowest BCUT2D eigenvalue weighted by molar-refractivity contribution is -0.125. The van der Waals surface area contributed by atoms with E-state index in [1.54, 1.807) is 28.0 Å². The van der Waals surface area contributed by atoms with Crippen molar-refractivity contribution in [2.24, 2.45) is 0 Å². The van der Waals surface area contributed by atoms with Crippen molar-refractivity contribution in [3.05, 3.63) is 95.5 Å². The van der Waals surface area contributed by atoms with Crippen molar-refractivity contribution in [2.45, 2.75) is 12.5 Å². The fourth-order valence-corrected chi connectivity index (χ4v) is 3.87. The Morgan fingerprint density at radius 3 is 2.52 bits per heavy atom. The number of hydrogen-bond acceptors (Lipinski definition) is 2. The van der Waals surface area contributed by atoms with Gasteiger partial charge in [-0.25, -0.2) is 9.18 Å². The standard InChI is InChI=1S/C23H22FN3O2/c1-2-13-27-19-15-26(14-12-16-6-4-3-5-7-16)22(28)20(19)21(25-23(27)29)17-8-10-18(24)11-9-17/h2-11,21H,1,12-15H2,(H,25,29)/t21-/m1/s1. The van der Waals surface area contributed by atoms with Gasteiger partial charge in [0.2, 0.25) is 0 Å². The largest absolute Gasteiger partial charge is 0.333 e. The summed E-state index contributed by atoms with van der Waals surface area (Å²) in [5.74, 6) is -0.458. The first-order chi connectivity index (χ1) is 14.1. The first-order valence-corrected chi connectivity index (χ1v) is 9.59. The summed E-state index contributed by atoms with van der Waals surface area (Å²) in [5, 5.41) is 2.89. The lowest BCUT2D eigenvalue weighted by atomic mass is 9.95. The molecule has 3 amide bonds. The second kappa shape index (κ2) is 7.91. The summed E-state index contributed by atoms with van der Waals surface area (Å²) in [4.78, 5) is 29.3. The minimum absolute atomic E-state index is 0.0979. The number of rotatable bonds is 6. The minimum atomic E-state index is -0.589. The molecular formula is C23H22FN3O2. The third-order valence-corrected chi connectivity index (χ3v) is 5.32. The number of carbonyl (C=O) groups excluding carboxylic acids is 2. The number of urea groups is 1. The van der Waals surface area contributed by atoms with E-state index in [9.17, 15) is 14.0 Å². The Bertz CT molecular complexity index is 969. The van der Waals surface area contributed by atoms with Crippen LogP contribution in [0.1, 0.15) is 17.2 Å². The molecule has 0 unspecified atom stereocenters. The number of nitrogens with one attached hydrogen (secondary N) is 1. The first kappa shape index (κ1) is 18.9. The third-order valence-electron chi connectivity index (χ3n) is 5.32. The average molecular weight is 391 g/mol. The second-order valence-corrected chi connectivity index (χ2v) is 7.16. The summed E-state index contributed by atoms with van der Waals surface area (Å²) < 4.78 is 13.4. The van der Waals surface area contributed by atoms with Gasteiger partial charge in [-0.3, -0.25) is 9.69 Å². The first-order valence-electron chi connectivity index (χ1n) is 9.59. The molecule has 2 aliphatic rings. The van der Waals surface area contributed by atoms with Gasteiger partial charge in [-0.2, -0.15) is 0 Å². The highest BCUT2D eigenvalue weighted by Crippen LogP contribution is 2.36. The van der Waals surface area contributed by atoms with Crippen LogP contribution in [-0.4, -0.2) is 41.4 Å². The molecule has 1 atom stereocenters. The van der Waals surface area contributed by atoms with Gasteiger partial charge in [-0.1, -0.05) is 48.5 Å². The van der Waals surface area contributed by atoms with Crippen LogP contribution >= 0.6 is 0 Å². The number of hydrogen-bond donors (Lipinski definition) is 1. The molecule has 0 saturated carbocycles. The Morgan fingerprint density at radius 2 is 1.83 bits per heavy atom. The van der Waals surface area contributed by atoms with Crippen LogP contribution in [0.3, 0.4) is 0 Å². The highest BCUT2D eigenvalue weighted by Gasteiger charge is 2.43. The molecule has 5 nitrogen and oxygen atoms in total. The van der Waals surface area contributed by atoms with E-state index in [0.29, 0.717) is 36.5 Å². The van der Waals surface area contributed by atoms with Crippen molar-refractivity contribution >= 4 is 11.9 Å². The lowest BCUT2D eigenvalue weighted by Gasteiger charge is -2.33. The summed E-state index contributed by atoms with van der Waals surface area (Å²) in [5.41, 5.74) is 3.08. The van der Waals surface area contributed by atoms with Crippen LogP contribution in [0.5, 0.6) is 0 Å². The van der Waals surface area contributed by atoms with Crippen molar-refractivity contribution in [1.82, 2.24) is 15.1 Å². The van der Waals surface area contributed by atoms with Gasteiger partial charge in [0, 0.05) is 13.1 Å². The van der Waals surface area contributed by atoms with E-state index in [4.69, 9.17) is 0 Å². The maximum absolute atomic E-state index is 13.4. The van der Waals surface area contributed by atoms with Gasteiger partial charge in [-0.15, -0.1) is 6.58 Å². The number of amides is 3. The molecule has 2 aromatic rings. The summed E-state index contributed by atoms with van der Waals surface area (Å²) >= 11 is 0. The molecule has 0 saturated heterocycles. The predicted molar refractivity (Wildman–Crippen MR) is 108 cm³/mol. The van der Waals surface area contributed by atoms with E-state index in [1.165, 1.54) is 12.1 Å². The van der Waals surface area contributed by atoms with Crippen molar-refractivity contribution in [3.63, 3.8) is 0 Å². The van der Waals surface area contributed by atoms with Crippen molar-refractivity contribution in [3.8, 4) is 0 Å². The maximum Gasteiger partial charge on any atom is 0.322 e. The highest BCUT2D eigenvalue weighted by atomic mass is 19.1. The molecule has 2 aliphatic heterocycles. The number of nitrogens with zero attached hydrogens (tertiary/aromatic N) is 2. The van der Waals surface area contributed by atoms with E-state index in [-0.39, 0.29) is 17.8 Å². The third kappa shape index (κ3) is 3.66. The molecule has 0 radical (unpaired) electrons. The van der Waals surface area contributed by atoms with Crippen LogP contribution in [0.25, 0.3) is 0 Å². The molecule has 0 spiro atoms. The molecule has 29 heavy (non-hydrogen) atoms. The van der Waals surface area contributed by atoms with Crippen LogP contribution < -0.4 is 5.32 Å². The van der Waals surface area contributed by atoms with Crippen LogP contribution in [0.15, 0.2) is 78.5 Å². The second-order valence-electron chi connectivity index (χ2n) is 7.16. The Balaban J connectivity index is 1.63. The monoisotopic (exact) mass is 391 g/mol. The van der Waals surface area contributed by atoms with Gasteiger partial charge in [0.15, 0.2) is 0 Å². The average Bonchev–Trinajstić information content (AvgIpc) is 3.06. The fourth-order valence-electron chi connectivity index (χ4n) is 3.87. The van der Waals surface area contributed by atoms with E-state index < -0.39 is 6.04 Å². The summed E-state index contributed by atoms with van der Waals surface area (Å²) in [7, 11) is 0. The zero-order valence-electron chi connectivity index (χ0n) is 16.0. The number of halogens is 1. The molecule has 0 aromatic heterocycles. The van der Waals surface area contributed by atoms with Crippen molar-refractivity contribution in [1.29, 1.82) is 0 Å². The predicted octanol–water partition coefficient (Wildman–Crippen LogP) is 3.42. The zero-order valence-corrected chi connectivity index (χ0v) is 16.0. The van der Waals surface area contributed by atoms with Gasteiger partial charge < -0.3 is 10.2 Å². The Morgan fingerprint density at radius 1 is 1.10 bits per heavy atom. The van der Waals surface area contributed by atoms with E-state index in [0.717, 1.165) is 12.0 Å². The molecule has 0 bridgehead atoms. The molecule has 148 valence electrons. The van der Waals surface area contributed by atoms with Gasteiger partial charge in [0.1, 0.15) is 5.82 Å². The van der Waals surface area contributed by atoms with Gasteiger partial charge in [0.25, 0.3) is 5.91 Å². The van der Waals surface area contributed by atoms with Gasteiger partial charge >= 0.3 is 6.03 Å². The van der Waals surface area contributed by atoms with Crippen molar-refractivity contribution < 1.29 is 14.0 Å². The lowest BCUT2D eigenvalue weighted by Crippen LogP contribution is -2.47. The van der Waals surface area contributed by atoms with E-state index in [2.05, 4.69) is 11.9 Å². The minimum Gasteiger partial charge on any atom is -0.333 e. The van der Waals surface area contributed by atoms with Crippen LogP contribution in [0, 0.1) is 5.82 Å². The van der Waals surface area contributed by atoms with Crippen LogP contribution in [0.2, 0.25) is 0 Å².